The average molecular weight is 247 g/mol. The first-order valence-corrected chi connectivity index (χ1v) is 6.32. The minimum Gasteiger partial charge on any atom is -0.462 e. The number of hydrogen-bond acceptors (Lipinski definition) is 3. The van der Waals surface area contributed by atoms with Crippen LogP contribution in [-0.2, 0) is 9.53 Å². The number of esters is 1. The van der Waals surface area contributed by atoms with Gasteiger partial charge in [0, 0.05) is 11.8 Å². The molecule has 0 bridgehead atoms. The Morgan fingerprint density at radius 2 is 2.28 bits per heavy atom. The molecule has 1 rings (SSSR count). The van der Waals surface area contributed by atoms with Gasteiger partial charge < -0.3 is 10.5 Å². The summed E-state index contributed by atoms with van der Waals surface area (Å²) in [6, 6.07) is 7.36. The predicted octanol–water partition coefficient (Wildman–Crippen LogP) is 3.26. The molecule has 3 nitrogen and oxygen atoms in total. The second-order valence-electron chi connectivity index (χ2n) is 4.53. The number of ether oxygens (including phenoxy) is 1. The Hall–Kier alpha value is -1.77. The highest BCUT2D eigenvalue weighted by Gasteiger charge is 2.03. The fourth-order valence-corrected chi connectivity index (χ4v) is 1.68. The lowest BCUT2D eigenvalue weighted by molar-refractivity contribution is -0.138. The molecule has 0 aliphatic rings. The number of carbonyl (C=O) groups excluding carboxylic acids is 1. The number of benzene rings is 1. The molecule has 0 aliphatic carbocycles. The van der Waals surface area contributed by atoms with Crippen LogP contribution in [0.2, 0.25) is 0 Å². The molecule has 1 aromatic carbocycles. The third-order valence-corrected chi connectivity index (χ3v) is 2.61. The van der Waals surface area contributed by atoms with Crippen LogP contribution in [0.5, 0.6) is 0 Å². The second kappa shape index (κ2) is 7.54. The topological polar surface area (TPSA) is 52.3 Å². The van der Waals surface area contributed by atoms with Crippen molar-refractivity contribution in [2.24, 2.45) is 5.92 Å². The zero-order chi connectivity index (χ0) is 13.4. The normalized spacial score (nSPS) is 12.6. The summed E-state index contributed by atoms with van der Waals surface area (Å²) < 4.78 is 5.15. The Kier molecular flexibility index (Phi) is 5.98. The second-order valence-corrected chi connectivity index (χ2v) is 4.53. The maximum absolute atomic E-state index is 11.5. The van der Waals surface area contributed by atoms with Crippen LogP contribution in [0.1, 0.15) is 32.3 Å². The molecule has 0 radical (unpaired) electrons. The SMILES string of the molecule is CCCC(C)COC(=O)/C=C/c1cccc(N)c1. The summed E-state index contributed by atoms with van der Waals surface area (Å²) in [4.78, 5) is 11.5. The van der Waals surface area contributed by atoms with Gasteiger partial charge in [0.25, 0.3) is 0 Å². The average Bonchev–Trinajstić information content (AvgIpc) is 2.34. The molecule has 0 fully saturated rings. The van der Waals surface area contributed by atoms with E-state index in [1.807, 2.05) is 24.3 Å². The Morgan fingerprint density at radius 1 is 1.50 bits per heavy atom. The predicted molar refractivity (Wildman–Crippen MR) is 74.9 cm³/mol. The summed E-state index contributed by atoms with van der Waals surface area (Å²) in [6.07, 6.45) is 5.33. The van der Waals surface area contributed by atoms with Crippen molar-refractivity contribution in [3.8, 4) is 0 Å². The van der Waals surface area contributed by atoms with E-state index in [0.29, 0.717) is 18.2 Å². The first-order chi connectivity index (χ1) is 8.61. The van der Waals surface area contributed by atoms with Crippen molar-refractivity contribution in [1.82, 2.24) is 0 Å². The van der Waals surface area contributed by atoms with E-state index in [1.54, 1.807) is 6.08 Å². The van der Waals surface area contributed by atoms with E-state index < -0.39 is 0 Å². The quantitative estimate of drug-likeness (QED) is 0.477. The van der Waals surface area contributed by atoms with Crippen molar-refractivity contribution in [1.29, 1.82) is 0 Å². The molecule has 0 aliphatic heterocycles. The van der Waals surface area contributed by atoms with Gasteiger partial charge >= 0.3 is 5.97 Å². The van der Waals surface area contributed by atoms with Crippen molar-refractivity contribution < 1.29 is 9.53 Å². The summed E-state index contributed by atoms with van der Waals surface area (Å²) >= 11 is 0. The molecule has 0 saturated carbocycles. The third-order valence-electron chi connectivity index (χ3n) is 2.61. The summed E-state index contributed by atoms with van der Waals surface area (Å²) in [5.74, 6) is 0.111. The van der Waals surface area contributed by atoms with Crippen LogP contribution in [0.25, 0.3) is 6.08 Å². The van der Waals surface area contributed by atoms with Crippen LogP contribution in [-0.4, -0.2) is 12.6 Å². The maximum atomic E-state index is 11.5. The fraction of sp³-hybridized carbons (Fsp3) is 0.400. The smallest absolute Gasteiger partial charge is 0.330 e. The van der Waals surface area contributed by atoms with Gasteiger partial charge in [0.15, 0.2) is 0 Å². The van der Waals surface area contributed by atoms with Crippen LogP contribution in [0.15, 0.2) is 30.3 Å². The number of carbonyl (C=O) groups is 1. The van der Waals surface area contributed by atoms with Gasteiger partial charge in [-0.1, -0.05) is 32.4 Å². The molecule has 1 atom stereocenters. The minimum atomic E-state index is -0.305. The van der Waals surface area contributed by atoms with Crippen molar-refractivity contribution in [3.63, 3.8) is 0 Å². The van der Waals surface area contributed by atoms with E-state index in [4.69, 9.17) is 10.5 Å². The van der Waals surface area contributed by atoms with Crippen LogP contribution in [0.4, 0.5) is 5.69 Å². The molecule has 18 heavy (non-hydrogen) atoms. The van der Waals surface area contributed by atoms with Crippen LogP contribution in [0.3, 0.4) is 0 Å². The van der Waals surface area contributed by atoms with Crippen molar-refractivity contribution >= 4 is 17.7 Å². The molecule has 98 valence electrons. The highest BCUT2D eigenvalue weighted by Crippen LogP contribution is 2.09. The molecule has 0 heterocycles. The lowest BCUT2D eigenvalue weighted by atomic mass is 10.1. The highest BCUT2D eigenvalue weighted by atomic mass is 16.5. The number of nitrogen functional groups attached to an aromatic ring is 1. The molecule has 0 aromatic heterocycles. The molecule has 3 heteroatoms. The molecular formula is C15H21NO2. The molecule has 2 N–H and O–H groups in total. The summed E-state index contributed by atoms with van der Waals surface area (Å²) in [6.45, 7) is 4.68. The van der Waals surface area contributed by atoms with E-state index in [9.17, 15) is 4.79 Å². The third kappa shape index (κ3) is 5.53. The first kappa shape index (κ1) is 14.3. The van der Waals surface area contributed by atoms with Gasteiger partial charge in [-0.3, -0.25) is 0 Å². The molecule has 0 spiro atoms. The van der Waals surface area contributed by atoms with Crippen molar-refractivity contribution in [2.75, 3.05) is 12.3 Å². The van der Waals surface area contributed by atoms with Gasteiger partial charge in [0.05, 0.1) is 6.61 Å². The first-order valence-electron chi connectivity index (χ1n) is 6.32. The van der Waals surface area contributed by atoms with Crippen LogP contribution >= 0.6 is 0 Å². The van der Waals surface area contributed by atoms with E-state index >= 15 is 0 Å². The van der Waals surface area contributed by atoms with Gasteiger partial charge in [0.1, 0.15) is 0 Å². The number of anilines is 1. The zero-order valence-corrected chi connectivity index (χ0v) is 11.1. The monoisotopic (exact) mass is 247 g/mol. The number of nitrogens with two attached hydrogens (primary N) is 1. The van der Waals surface area contributed by atoms with E-state index in [0.717, 1.165) is 18.4 Å². The fourth-order valence-electron chi connectivity index (χ4n) is 1.68. The summed E-state index contributed by atoms with van der Waals surface area (Å²) in [5.41, 5.74) is 7.23. The number of hydrogen-bond donors (Lipinski definition) is 1. The lowest BCUT2D eigenvalue weighted by Crippen LogP contribution is -2.09. The Balaban J connectivity index is 2.40. The van der Waals surface area contributed by atoms with Gasteiger partial charge in [0.2, 0.25) is 0 Å². The van der Waals surface area contributed by atoms with Gasteiger partial charge in [-0.15, -0.1) is 0 Å². The molecular weight excluding hydrogens is 226 g/mol. The lowest BCUT2D eigenvalue weighted by Gasteiger charge is -2.09. The summed E-state index contributed by atoms with van der Waals surface area (Å²) in [7, 11) is 0. The van der Waals surface area contributed by atoms with Crippen molar-refractivity contribution in [3.05, 3.63) is 35.9 Å². The molecule has 0 amide bonds. The van der Waals surface area contributed by atoms with E-state index in [-0.39, 0.29) is 5.97 Å². The molecule has 0 saturated heterocycles. The van der Waals surface area contributed by atoms with Crippen LogP contribution < -0.4 is 5.73 Å². The zero-order valence-electron chi connectivity index (χ0n) is 11.1. The van der Waals surface area contributed by atoms with Crippen molar-refractivity contribution in [2.45, 2.75) is 26.7 Å². The van der Waals surface area contributed by atoms with Gasteiger partial charge in [-0.25, -0.2) is 4.79 Å². The Bertz CT molecular complexity index is 413. The maximum Gasteiger partial charge on any atom is 0.330 e. The molecule has 1 unspecified atom stereocenters. The number of rotatable bonds is 6. The van der Waals surface area contributed by atoms with E-state index in [1.165, 1.54) is 6.08 Å². The van der Waals surface area contributed by atoms with Gasteiger partial charge in [-0.2, -0.15) is 0 Å². The van der Waals surface area contributed by atoms with E-state index in [2.05, 4.69) is 13.8 Å². The molecule has 1 aromatic rings. The Labute approximate surface area is 109 Å². The standard InChI is InChI=1S/C15H21NO2/c1-3-5-12(2)11-18-15(17)9-8-13-6-4-7-14(16)10-13/h4,6-10,12H,3,5,11,16H2,1-2H3/b9-8+. The summed E-state index contributed by atoms with van der Waals surface area (Å²) in [5, 5.41) is 0. The minimum absolute atomic E-state index is 0.305. The van der Waals surface area contributed by atoms with Gasteiger partial charge in [-0.05, 0) is 36.1 Å². The Morgan fingerprint density at radius 3 is 2.94 bits per heavy atom. The van der Waals surface area contributed by atoms with Crippen LogP contribution in [0, 0.1) is 5.92 Å². The highest BCUT2D eigenvalue weighted by molar-refractivity contribution is 5.87. The largest absolute Gasteiger partial charge is 0.462 e.